The van der Waals surface area contributed by atoms with Crippen LogP contribution < -0.4 is 10.2 Å². The van der Waals surface area contributed by atoms with E-state index in [0.717, 1.165) is 36.1 Å². The van der Waals surface area contributed by atoms with E-state index in [1.807, 2.05) is 13.8 Å². The summed E-state index contributed by atoms with van der Waals surface area (Å²) in [5.41, 5.74) is 2.09. The molecule has 0 bridgehead atoms. The van der Waals surface area contributed by atoms with Crippen molar-refractivity contribution in [2.75, 3.05) is 18.0 Å². The summed E-state index contributed by atoms with van der Waals surface area (Å²) in [4.78, 5) is 22.9. The Morgan fingerprint density at radius 2 is 2.04 bits per heavy atom. The Kier molecular flexibility index (Phi) is 7.89. The number of hydrogen-bond donors (Lipinski definition) is 1. The van der Waals surface area contributed by atoms with Gasteiger partial charge in [0.05, 0.1) is 0 Å². The van der Waals surface area contributed by atoms with Crippen molar-refractivity contribution < 1.29 is 4.79 Å². The lowest BCUT2D eigenvalue weighted by Gasteiger charge is -2.21. The second-order valence-corrected chi connectivity index (χ2v) is 5.82. The number of allylic oxidation sites excluding steroid dienone is 2. The Bertz CT molecular complexity index is 601. The maximum absolute atomic E-state index is 12.3. The van der Waals surface area contributed by atoms with E-state index in [-0.39, 0.29) is 5.91 Å². The summed E-state index contributed by atoms with van der Waals surface area (Å²) in [6.07, 6.45) is 5.67. The van der Waals surface area contributed by atoms with Crippen LogP contribution >= 0.6 is 0 Å². The van der Waals surface area contributed by atoms with Crippen molar-refractivity contribution in [1.29, 1.82) is 0 Å². The van der Waals surface area contributed by atoms with E-state index in [1.165, 1.54) is 19.2 Å². The van der Waals surface area contributed by atoms with Gasteiger partial charge in [-0.15, -0.1) is 13.2 Å². The first-order chi connectivity index (χ1) is 11.5. The number of hydrogen-bond acceptors (Lipinski definition) is 4. The maximum Gasteiger partial charge on any atom is 0.274 e. The molecule has 0 saturated heterocycles. The van der Waals surface area contributed by atoms with Crippen molar-refractivity contribution in [2.24, 2.45) is 5.92 Å². The number of nitrogens with one attached hydrogen (secondary N) is 1. The van der Waals surface area contributed by atoms with Crippen LogP contribution in [0.3, 0.4) is 0 Å². The number of carbonyl (C=O) groups excluding carboxylic acids is 1. The molecule has 0 spiro atoms. The Morgan fingerprint density at radius 3 is 2.54 bits per heavy atom. The molecule has 1 saturated carbocycles. The highest BCUT2D eigenvalue weighted by Gasteiger charge is 2.24. The van der Waals surface area contributed by atoms with E-state index in [4.69, 9.17) is 0 Å². The van der Waals surface area contributed by atoms with Crippen LogP contribution in [0, 0.1) is 5.92 Å². The van der Waals surface area contributed by atoms with Crippen molar-refractivity contribution in [2.45, 2.75) is 33.6 Å². The summed E-state index contributed by atoms with van der Waals surface area (Å²) in [7, 11) is 0. The first-order valence-electron chi connectivity index (χ1n) is 8.23. The van der Waals surface area contributed by atoms with Crippen molar-refractivity contribution in [3.05, 3.63) is 55.2 Å². The highest BCUT2D eigenvalue weighted by molar-refractivity contribution is 5.94. The molecule has 1 aromatic heterocycles. The molecule has 1 aromatic rings. The molecular formula is C19H28N4O. The van der Waals surface area contributed by atoms with Crippen molar-refractivity contribution >= 4 is 11.7 Å². The molecule has 0 radical (unpaired) electrons. The van der Waals surface area contributed by atoms with Gasteiger partial charge in [-0.1, -0.05) is 12.2 Å². The summed E-state index contributed by atoms with van der Waals surface area (Å²) in [5.74, 6) is 1.35. The van der Waals surface area contributed by atoms with Crippen LogP contribution in [0.2, 0.25) is 0 Å². The van der Waals surface area contributed by atoms with E-state index in [9.17, 15) is 4.79 Å². The van der Waals surface area contributed by atoms with Gasteiger partial charge in [0.1, 0.15) is 17.8 Å². The molecule has 1 heterocycles. The molecule has 1 aliphatic rings. The van der Waals surface area contributed by atoms with Crippen LogP contribution in [0.5, 0.6) is 0 Å². The SMILES string of the molecule is C=C.C=CC(NC(=O)c1cc(N(CC)CC2CC2)ncn1)=C(C)C. The Morgan fingerprint density at radius 1 is 1.38 bits per heavy atom. The van der Waals surface area contributed by atoms with E-state index < -0.39 is 0 Å². The smallest absolute Gasteiger partial charge is 0.274 e. The van der Waals surface area contributed by atoms with Crippen molar-refractivity contribution in [3.63, 3.8) is 0 Å². The minimum absolute atomic E-state index is 0.234. The van der Waals surface area contributed by atoms with Crippen molar-refractivity contribution in [3.8, 4) is 0 Å². The third-order valence-electron chi connectivity index (χ3n) is 3.76. The van der Waals surface area contributed by atoms with E-state index >= 15 is 0 Å². The summed E-state index contributed by atoms with van der Waals surface area (Å²) in [6.45, 7) is 17.5. The minimum atomic E-state index is -0.234. The fourth-order valence-corrected chi connectivity index (χ4v) is 2.21. The third-order valence-corrected chi connectivity index (χ3v) is 3.76. The Labute approximate surface area is 145 Å². The van der Waals surface area contributed by atoms with Crippen molar-refractivity contribution in [1.82, 2.24) is 15.3 Å². The lowest BCUT2D eigenvalue weighted by Crippen LogP contribution is -2.28. The fraction of sp³-hybridized carbons (Fsp3) is 0.421. The Balaban J connectivity index is 0.00000139. The van der Waals surface area contributed by atoms with Gasteiger partial charge in [-0.05, 0) is 45.6 Å². The molecule has 1 amide bonds. The molecule has 1 aliphatic carbocycles. The topological polar surface area (TPSA) is 58.1 Å². The molecule has 0 aliphatic heterocycles. The second kappa shape index (κ2) is 9.65. The normalized spacial score (nSPS) is 12.5. The van der Waals surface area contributed by atoms with Gasteiger partial charge in [0.25, 0.3) is 5.91 Å². The van der Waals surface area contributed by atoms with Gasteiger partial charge in [0.15, 0.2) is 0 Å². The maximum atomic E-state index is 12.3. The number of aromatic nitrogens is 2. The number of carbonyl (C=O) groups is 1. The van der Waals surface area contributed by atoms with E-state index in [0.29, 0.717) is 5.69 Å². The monoisotopic (exact) mass is 328 g/mol. The van der Waals surface area contributed by atoms with Gasteiger partial charge in [-0.3, -0.25) is 4.79 Å². The molecule has 24 heavy (non-hydrogen) atoms. The quantitative estimate of drug-likeness (QED) is 0.612. The predicted molar refractivity (Wildman–Crippen MR) is 99.9 cm³/mol. The first kappa shape index (κ1) is 19.6. The van der Waals surface area contributed by atoms with Crippen LogP contribution in [0.15, 0.2) is 49.5 Å². The minimum Gasteiger partial charge on any atom is -0.357 e. The van der Waals surface area contributed by atoms with Gasteiger partial charge in [0, 0.05) is 24.9 Å². The van der Waals surface area contributed by atoms with Crippen LogP contribution in [0.1, 0.15) is 44.1 Å². The van der Waals surface area contributed by atoms with Gasteiger partial charge in [0.2, 0.25) is 0 Å². The molecule has 130 valence electrons. The van der Waals surface area contributed by atoms with Gasteiger partial charge in [-0.25, -0.2) is 9.97 Å². The van der Waals surface area contributed by atoms with Gasteiger partial charge in [-0.2, -0.15) is 0 Å². The van der Waals surface area contributed by atoms with E-state index in [1.54, 1.807) is 12.1 Å². The molecule has 2 rings (SSSR count). The lowest BCUT2D eigenvalue weighted by atomic mass is 10.2. The third kappa shape index (κ3) is 5.65. The molecule has 0 atom stereocenters. The summed E-state index contributed by atoms with van der Waals surface area (Å²) in [6, 6.07) is 1.76. The average molecular weight is 328 g/mol. The fourth-order valence-electron chi connectivity index (χ4n) is 2.21. The number of anilines is 1. The van der Waals surface area contributed by atoms with Gasteiger partial charge < -0.3 is 10.2 Å². The first-order valence-corrected chi connectivity index (χ1v) is 8.23. The number of nitrogens with zero attached hydrogens (tertiary/aromatic N) is 3. The second-order valence-electron chi connectivity index (χ2n) is 5.82. The zero-order chi connectivity index (χ0) is 18.1. The van der Waals surface area contributed by atoms with Crippen LogP contribution in [-0.2, 0) is 0 Å². The summed E-state index contributed by atoms with van der Waals surface area (Å²) < 4.78 is 0. The van der Waals surface area contributed by atoms with Crippen LogP contribution in [0.4, 0.5) is 5.82 Å². The molecule has 1 N–H and O–H groups in total. The highest BCUT2D eigenvalue weighted by atomic mass is 16.1. The largest absolute Gasteiger partial charge is 0.357 e. The zero-order valence-corrected chi connectivity index (χ0v) is 15.0. The van der Waals surface area contributed by atoms with Crippen LogP contribution in [0.25, 0.3) is 0 Å². The van der Waals surface area contributed by atoms with E-state index in [2.05, 4.69) is 46.8 Å². The highest BCUT2D eigenvalue weighted by Crippen LogP contribution is 2.30. The predicted octanol–water partition coefficient (Wildman–Crippen LogP) is 3.72. The number of rotatable bonds is 7. The molecule has 5 nitrogen and oxygen atoms in total. The lowest BCUT2D eigenvalue weighted by molar-refractivity contribution is 0.0961. The molecule has 0 unspecified atom stereocenters. The Hall–Kier alpha value is -2.43. The molecule has 0 aromatic carbocycles. The standard InChI is InChI=1S/C17H24N4O.C2H4/c1-5-14(12(3)4)20-17(22)15-9-16(19-11-18-15)21(6-2)10-13-7-8-13;1-2/h5,9,11,13H,1,6-8,10H2,2-4H3,(H,20,22);1-2H2. The summed E-state index contributed by atoms with van der Waals surface area (Å²) >= 11 is 0. The summed E-state index contributed by atoms with van der Waals surface area (Å²) in [5, 5.41) is 2.83. The molecule has 1 fully saturated rings. The zero-order valence-electron chi connectivity index (χ0n) is 15.0. The molecule has 5 heteroatoms. The molecular weight excluding hydrogens is 300 g/mol. The van der Waals surface area contributed by atoms with Gasteiger partial charge >= 0.3 is 0 Å². The average Bonchev–Trinajstić information content (AvgIpc) is 3.43. The van der Waals surface area contributed by atoms with Crippen LogP contribution in [-0.4, -0.2) is 29.0 Å². The number of amides is 1.